The van der Waals surface area contributed by atoms with E-state index in [9.17, 15) is 9.00 Å². The third-order valence-electron chi connectivity index (χ3n) is 4.51. The molecule has 1 N–H and O–H groups in total. The monoisotopic (exact) mass is 385 g/mol. The highest BCUT2D eigenvalue weighted by Gasteiger charge is 2.26. The number of rotatable bonds is 7. The molecule has 2 aromatic rings. The van der Waals surface area contributed by atoms with Gasteiger partial charge in [0.15, 0.2) is 0 Å². The minimum Gasteiger partial charge on any atom is -0.497 e. The Kier molecular flexibility index (Phi) is 5.93. The van der Waals surface area contributed by atoms with Gasteiger partial charge < -0.3 is 4.74 Å². The molecule has 7 heteroatoms. The minimum atomic E-state index is -1.29. The highest BCUT2D eigenvalue weighted by molar-refractivity contribution is 7.82. The molecule has 6 nitrogen and oxygen atoms in total. The summed E-state index contributed by atoms with van der Waals surface area (Å²) in [6, 6.07) is 7.19. The summed E-state index contributed by atoms with van der Waals surface area (Å²) < 4.78 is 21.4. The first-order chi connectivity index (χ1) is 13.1. The van der Waals surface area contributed by atoms with Crippen molar-refractivity contribution in [2.24, 2.45) is 0 Å². The lowest BCUT2D eigenvalue weighted by Gasteiger charge is -2.24. The van der Waals surface area contributed by atoms with Crippen LogP contribution in [0, 0.1) is 0 Å². The van der Waals surface area contributed by atoms with Gasteiger partial charge in [0.2, 0.25) is 0 Å². The summed E-state index contributed by atoms with van der Waals surface area (Å²) in [6.07, 6.45) is 5.77. The lowest BCUT2D eigenvalue weighted by Crippen LogP contribution is -2.33. The Morgan fingerprint density at radius 3 is 2.70 bits per heavy atom. The molecule has 0 spiro atoms. The van der Waals surface area contributed by atoms with Crippen LogP contribution in [0.25, 0.3) is 0 Å². The van der Waals surface area contributed by atoms with E-state index in [2.05, 4.69) is 18.3 Å². The van der Waals surface area contributed by atoms with Crippen LogP contribution in [0.2, 0.25) is 0 Å². The predicted octanol–water partition coefficient (Wildman–Crippen LogP) is 2.56. The molecule has 0 radical (unpaired) electrons. The quantitative estimate of drug-likeness (QED) is 0.745. The van der Waals surface area contributed by atoms with E-state index >= 15 is 0 Å². The largest absolute Gasteiger partial charge is 0.497 e. The second kappa shape index (κ2) is 8.37. The molecule has 2 heterocycles. The van der Waals surface area contributed by atoms with E-state index in [1.165, 1.54) is 0 Å². The molecule has 0 fully saturated rings. The summed E-state index contributed by atoms with van der Waals surface area (Å²) in [4.78, 5) is 13.3. The summed E-state index contributed by atoms with van der Waals surface area (Å²) >= 11 is 0. The number of ether oxygens (including phenoxy) is 1. The van der Waals surface area contributed by atoms with Gasteiger partial charge in [-0.1, -0.05) is 31.4 Å². The number of nitrogens with zero attached hydrogens (tertiary/aromatic N) is 2. The van der Waals surface area contributed by atoms with E-state index < -0.39 is 11.0 Å². The highest BCUT2D eigenvalue weighted by atomic mass is 32.2. The number of aromatic nitrogens is 2. The maximum absolute atomic E-state index is 12.9. The number of methoxy groups -OCH3 is 1. The number of hydrogen-bond acceptors (Lipinski definition) is 3. The molecule has 0 saturated carbocycles. The fourth-order valence-corrected chi connectivity index (χ4v) is 4.24. The molecule has 1 aromatic carbocycles. The standard InChI is InChI=1S/C20H23N3O3S/c1-4-6-15(5-2)13-23-20(24)18-11-12-22(14-19(18)21-23)27(25)17-9-7-16(26-3)8-10-17/h4-10,21H,1-2,11-14H2,3H3/b15-6+. The summed E-state index contributed by atoms with van der Waals surface area (Å²) in [6.45, 7) is 8.85. The zero-order valence-electron chi connectivity index (χ0n) is 15.3. The van der Waals surface area contributed by atoms with Gasteiger partial charge >= 0.3 is 0 Å². The Morgan fingerprint density at radius 1 is 1.33 bits per heavy atom. The Hall–Kier alpha value is -2.64. The van der Waals surface area contributed by atoms with E-state index in [1.54, 1.807) is 48.2 Å². The normalized spacial score (nSPS) is 15.8. The van der Waals surface area contributed by atoms with Crippen molar-refractivity contribution in [1.29, 1.82) is 0 Å². The number of benzene rings is 1. The SMILES string of the molecule is C=C/C=C(\C=C)Cn1[nH]c2c(c1=O)CCN(S(=O)c1ccc(OC)cc1)C2. The minimum absolute atomic E-state index is 0.0308. The van der Waals surface area contributed by atoms with E-state index in [0.717, 1.165) is 22.6 Å². The van der Waals surface area contributed by atoms with Crippen LogP contribution in [0.1, 0.15) is 11.3 Å². The average Bonchev–Trinajstić information content (AvgIpc) is 3.02. The van der Waals surface area contributed by atoms with Gasteiger partial charge in [-0.15, -0.1) is 0 Å². The van der Waals surface area contributed by atoms with Crippen LogP contribution in [0.4, 0.5) is 0 Å². The van der Waals surface area contributed by atoms with Gasteiger partial charge in [0.1, 0.15) is 16.7 Å². The fourth-order valence-electron chi connectivity index (χ4n) is 3.07. The third-order valence-corrected chi connectivity index (χ3v) is 5.97. The number of allylic oxidation sites excluding steroid dienone is 4. The summed E-state index contributed by atoms with van der Waals surface area (Å²) in [7, 11) is 0.304. The second-order valence-electron chi connectivity index (χ2n) is 6.18. The van der Waals surface area contributed by atoms with Crippen molar-refractivity contribution in [1.82, 2.24) is 14.1 Å². The van der Waals surface area contributed by atoms with E-state index in [1.807, 2.05) is 10.4 Å². The van der Waals surface area contributed by atoms with Crippen molar-refractivity contribution >= 4 is 11.0 Å². The first kappa shape index (κ1) is 19.1. The predicted molar refractivity (Wildman–Crippen MR) is 107 cm³/mol. The van der Waals surface area contributed by atoms with Gasteiger partial charge in [-0.05, 0) is 36.3 Å². The number of H-pyrrole nitrogens is 1. The number of hydrogen-bond donors (Lipinski definition) is 1. The summed E-state index contributed by atoms with van der Waals surface area (Å²) in [5.74, 6) is 0.726. The van der Waals surface area contributed by atoms with Crippen LogP contribution in [0.15, 0.2) is 70.9 Å². The van der Waals surface area contributed by atoms with Crippen LogP contribution in [0.3, 0.4) is 0 Å². The highest BCUT2D eigenvalue weighted by Crippen LogP contribution is 2.21. The van der Waals surface area contributed by atoms with Crippen LogP contribution < -0.4 is 10.3 Å². The Balaban J connectivity index is 1.79. The zero-order valence-corrected chi connectivity index (χ0v) is 16.1. The van der Waals surface area contributed by atoms with Crippen LogP contribution in [-0.4, -0.2) is 31.9 Å². The van der Waals surface area contributed by atoms with Crippen molar-refractivity contribution in [3.8, 4) is 5.75 Å². The van der Waals surface area contributed by atoms with E-state index in [-0.39, 0.29) is 5.56 Å². The molecular weight excluding hydrogens is 362 g/mol. The van der Waals surface area contributed by atoms with Crippen molar-refractivity contribution in [2.45, 2.75) is 24.4 Å². The molecule has 27 heavy (non-hydrogen) atoms. The maximum atomic E-state index is 12.9. The van der Waals surface area contributed by atoms with Crippen LogP contribution >= 0.6 is 0 Å². The lowest BCUT2D eigenvalue weighted by atomic mass is 10.1. The molecule has 1 unspecified atom stereocenters. The third kappa shape index (κ3) is 4.04. The lowest BCUT2D eigenvalue weighted by molar-refractivity contribution is 0.411. The molecule has 0 amide bonds. The Labute approximate surface area is 161 Å². The van der Waals surface area contributed by atoms with Crippen LogP contribution in [-0.2, 0) is 30.5 Å². The molecule has 0 bridgehead atoms. The molecular formula is C20H23N3O3S. The maximum Gasteiger partial charge on any atom is 0.270 e. The van der Waals surface area contributed by atoms with E-state index in [4.69, 9.17) is 4.74 Å². The molecule has 1 aromatic heterocycles. The molecule has 1 atom stereocenters. The number of aromatic amines is 1. The van der Waals surface area contributed by atoms with Crippen molar-refractivity contribution in [2.75, 3.05) is 13.7 Å². The zero-order chi connectivity index (χ0) is 19.4. The number of nitrogens with one attached hydrogen (secondary N) is 1. The van der Waals surface area contributed by atoms with Crippen molar-refractivity contribution in [3.05, 3.63) is 82.8 Å². The topological polar surface area (TPSA) is 67.3 Å². The van der Waals surface area contributed by atoms with Gasteiger partial charge in [-0.2, -0.15) is 0 Å². The van der Waals surface area contributed by atoms with Crippen LogP contribution in [0.5, 0.6) is 5.75 Å². The second-order valence-corrected chi connectivity index (χ2v) is 7.67. The fraction of sp³-hybridized carbons (Fsp3) is 0.250. The van der Waals surface area contributed by atoms with Crippen molar-refractivity contribution < 1.29 is 8.95 Å². The first-order valence-corrected chi connectivity index (χ1v) is 9.73. The molecule has 3 rings (SSSR count). The van der Waals surface area contributed by atoms with E-state index in [0.29, 0.717) is 31.0 Å². The Bertz CT molecular complexity index is 954. The molecule has 1 aliphatic rings. The van der Waals surface area contributed by atoms with Gasteiger partial charge in [-0.25, -0.2) is 13.2 Å². The van der Waals surface area contributed by atoms with Gasteiger partial charge in [0, 0.05) is 12.1 Å². The van der Waals surface area contributed by atoms with Gasteiger partial charge in [-0.3, -0.25) is 9.89 Å². The summed E-state index contributed by atoms with van der Waals surface area (Å²) in [5.41, 5.74) is 2.44. The summed E-state index contributed by atoms with van der Waals surface area (Å²) in [5, 5.41) is 3.16. The molecule has 0 saturated heterocycles. The van der Waals surface area contributed by atoms with Crippen molar-refractivity contribution in [3.63, 3.8) is 0 Å². The molecule has 1 aliphatic heterocycles. The Morgan fingerprint density at radius 2 is 2.07 bits per heavy atom. The van der Waals surface area contributed by atoms with Gasteiger partial charge in [0.25, 0.3) is 5.56 Å². The molecule has 142 valence electrons. The smallest absolute Gasteiger partial charge is 0.270 e. The first-order valence-electron chi connectivity index (χ1n) is 8.62. The van der Waals surface area contributed by atoms with Gasteiger partial charge in [0.05, 0.1) is 30.8 Å². The average molecular weight is 385 g/mol. The number of fused-ring (bicyclic) bond motifs is 1. The molecule has 0 aliphatic carbocycles.